The van der Waals surface area contributed by atoms with Gasteiger partial charge in [-0.15, -0.1) is 0 Å². The minimum atomic E-state index is -2.26. The van der Waals surface area contributed by atoms with Gasteiger partial charge in [0.05, 0.1) is 6.61 Å². The number of carboxylic acids is 1. The third-order valence-corrected chi connectivity index (χ3v) is 1.71. The molecule has 0 aromatic rings. The summed E-state index contributed by atoms with van der Waals surface area (Å²) >= 11 is 0. The number of aliphatic hydroxyl groups is 4. The maximum Gasteiger partial charge on any atom is 1.00 e. The summed E-state index contributed by atoms with van der Waals surface area (Å²) in [4.78, 5) is 20.6. The summed E-state index contributed by atoms with van der Waals surface area (Å²) in [6.45, 7) is -0.933. The van der Waals surface area contributed by atoms with Crippen LogP contribution >= 0.6 is 0 Å². The normalized spacial score (nSPS) is 17.2. The van der Waals surface area contributed by atoms with Crippen LogP contribution in [-0.2, 0) is 9.53 Å². The minimum Gasteiger partial charge on any atom is -1.00 e. The molecule has 6 N–H and O–H groups in total. The zero-order chi connectivity index (χ0) is 12.9. The second-order valence-electron chi connectivity index (χ2n) is 2.87. The molecule has 0 aromatic carbocycles. The summed E-state index contributed by atoms with van der Waals surface area (Å²) in [6, 6.07) is 0. The fourth-order valence-corrected chi connectivity index (χ4v) is 0.890. The van der Waals surface area contributed by atoms with Gasteiger partial charge in [0.1, 0.15) is 18.3 Å². The van der Waals surface area contributed by atoms with Crippen LogP contribution in [0.15, 0.2) is 0 Å². The van der Waals surface area contributed by atoms with Gasteiger partial charge in [0.15, 0.2) is 0 Å². The molecule has 0 saturated carbocycles. The van der Waals surface area contributed by atoms with Crippen LogP contribution < -0.4 is 29.6 Å². The Morgan fingerprint density at radius 1 is 1.12 bits per heavy atom. The van der Waals surface area contributed by atoms with Crippen LogP contribution in [0.1, 0.15) is 1.43 Å². The average Bonchev–Trinajstić information content (AvgIpc) is 2.22. The van der Waals surface area contributed by atoms with Crippen molar-refractivity contribution in [1.29, 1.82) is 0 Å². The van der Waals surface area contributed by atoms with Crippen molar-refractivity contribution in [2.45, 2.75) is 24.4 Å². The predicted molar refractivity (Wildman–Crippen MR) is 46.8 cm³/mol. The van der Waals surface area contributed by atoms with Crippen molar-refractivity contribution in [2.24, 2.45) is 0 Å². The van der Waals surface area contributed by atoms with E-state index in [1.165, 1.54) is 0 Å². The Bertz CT molecular complexity index is 263. The standard InChI is InChI=1S/C7H12O9.Na.H/c8-1-2(9)3(10)4(11)5(6(12)13)16-7(14)15;;/h2-5,8-11H,1H2,(H,12,13)(H,14,15);;/q;+1;-1/t2-,3-,4+,5-;;/m1../s1. The van der Waals surface area contributed by atoms with E-state index in [-0.39, 0.29) is 31.0 Å². The first kappa shape index (κ1) is 18.9. The molecule has 0 aliphatic heterocycles. The molecule has 0 amide bonds. The van der Waals surface area contributed by atoms with Gasteiger partial charge >= 0.3 is 41.7 Å². The number of carboxylic acid groups (broad SMARTS) is 2. The molecule has 0 fully saturated rings. The second kappa shape index (κ2) is 8.64. The fraction of sp³-hybridized carbons (Fsp3) is 0.714. The molecule has 0 unspecified atom stereocenters. The van der Waals surface area contributed by atoms with Gasteiger partial charge in [0, 0.05) is 0 Å². The van der Waals surface area contributed by atoms with Gasteiger partial charge in [0.25, 0.3) is 0 Å². The van der Waals surface area contributed by atoms with E-state index in [4.69, 9.17) is 25.5 Å². The van der Waals surface area contributed by atoms with E-state index < -0.39 is 43.1 Å². The molecule has 0 spiro atoms. The predicted octanol–water partition coefficient (Wildman–Crippen LogP) is -5.67. The number of hydrogen-bond acceptors (Lipinski definition) is 7. The Morgan fingerprint density at radius 2 is 1.59 bits per heavy atom. The van der Waals surface area contributed by atoms with Crippen LogP contribution in [0.4, 0.5) is 4.79 Å². The van der Waals surface area contributed by atoms with Crippen molar-refractivity contribution in [3.63, 3.8) is 0 Å². The van der Waals surface area contributed by atoms with Crippen molar-refractivity contribution in [2.75, 3.05) is 6.61 Å². The topological polar surface area (TPSA) is 165 Å². The molecule has 0 saturated heterocycles. The van der Waals surface area contributed by atoms with Crippen LogP contribution in [0.3, 0.4) is 0 Å². The van der Waals surface area contributed by atoms with Crippen molar-refractivity contribution in [1.82, 2.24) is 0 Å². The smallest absolute Gasteiger partial charge is 1.00 e. The first-order valence-corrected chi connectivity index (χ1v) is 4.08. The quantitative estimate of drug-likeness (QED) is 0.202. The second-order valence-corrected chi connectivity index (χ2v) is 2.87. The van der Waals surface area contributed by atoms with Crippen LogP contribution in [0, 0.1) is 0 Å². The maximum atomic E-state index is 10.5. The van der Waals surface area contributed by atoms with Crippen LogP contribution in [0.25, 0.3) is 0 Å². The average molecular weight is 264 g/mol. The summed E-state index contributed by atoms with van der Waals surface area (Å²) < 4.78 is 3.80. The van der Waals surface area contributed by atoms with Gasteiger partial charge in [-0.25, -0.2) is 9.59 Å². The van der Waals surface area contributed by atoms with Crippen LogP contribution in [-0.4, -0.2) is 73.8 Å². The largest absolute Gasteiger partial charge is 1.00 e. The Hall–Kier alpha value is -0.420. The number of aliphatic hydroxyl groups excluding tert-OH is 4. The molecular weight excluding hydrogens is 251 g/mol. The molecule has 9 nitrogen and oxygen atoms in total. The molecule has 10 heteroatoms. The van der Waals surface area contributed by atoms with Crippen molar-refractivity contribution in [3.05, 3.63) is 0 Å². The first-order valence-electron chi connectivity index (χ1n) is 4.08. The monoisotopic (exact) mass is 264 g/mol. The van der Waals surface area contributed by atoms with Gasteiger partial charge in [-0.3, -0.25) is 0 Å². The molecule has 0 aliphatic carbocycles. The Balaban J connectivity index is -0.00000112. The summed E-state index contributed by atoms with van der Waals surface area (Å²) in [6.07, 6.45) is -10.3. The van der Waals surface area contributed by atoms with E-state index >= 15 is 0 Å². The van der Waals surface area contributed by atoms with Gasteiger partial charge in [-0.2, -0.15) is 0 Å². The van der Waals surface area contributed by atoms with Crippen molar-refractivity contribution in [3.8, 4) is 0 Å². The van der Waals surface area contributed by atoms with E-state index in [1.807, 2.05) is 0 Å². The molecule has 96 valence electrons. The Labute approximate surface area is 119 Å². The van der Waals surface area contributed by atoms with Crippen LogP contribution in [0.5, 0.6) is 0 Å². The molecule has 0 aromatic heterocycles. The molecule has 4 atom stereocenters. The minimum absolute atomic E-state index is 0. The third kappa shape index (κ3) is 6.17. The number of hydrogen-bond donors (Lipinski definition) is 6. The fourth-order valence-electron chi connectivity index (χ4n) is 0.890. The van der Waals surface area contributed by atoms with Crippen LogP contribution in [0.2, 0.25) is 0 Å². The van der Waals surface area contributed by atoms with E-state index in [0.29, 0.717) is 0 Å². The zero-order valence-corrected chi connectivity index (χ0v) is 10.9. The van der Waals surface area contributed by atoms with E-state index in [0.717, 1.165) is 0 Å². The van der Waals surface area contributed by atoms with Crippen molar-refractivity contribution >= 4 is 12.1 Å². The Morgan fingerprint density at radius 3 is 1.88 bits per heavy atom. The molecule has 0 radical (unpaired) electrons. The molecular formula is C7H13NaO9. The summed E-state index contributed by atoms with van der Waals surface area (Å²) in [5.74, 6) is -1.83. The number of rotatable bonds is 6. The molecule has 0 bridgehead atoms. The Kier molecular flexibility index (Phi) is 9.62. The summed E-state index contributed by atoms with van der Waals surface area (Å²) in [7, 11) is 0. The van der Waals surface area contributed by atoms with E-state index in [9.17, 15) is 14.7 Å². The molecule has 0 heterocycles. The van der Waals surface area contributed by atoms with Gasteiger partial charge in [0.2, 0.25) is 6.10 Å². The van der Waals surface area contributed by atoms with E-state index in [2.05, 4.69) is 4.74 Å². The number of aliphatic carboxylic acids is 1. The number of carbonyl (C=O) groups is 2. The van der Waals surface area contributed by atoms with E-state index in [1.54, 1.807) is 0 Å². The summed E-state index contributed by atoms with van der Waals surface area (Å²) in [5, 5.41) is 52.3. The molecule has 0 aliphatic rings. The zero-order valence-electron chi connectivity index (χ0n) is 9.92. The number of ether oxygens (including phenoxy) is 1. The molecule has 0 rings (SSSR count). The first-order chi connectivity index (χ1) is 7.31. The SMILES string of the molecule is O=C(O)O[C@@H](C(=O)O)[C@@H](O)[C@H](O)[C@H](O)CO.[H-].[Na+]. The maximum absolute atomic E-state index is 10.5. The van der Waals surface area contributed by atoms with Gasteiger partial charge < -0.3 is 36.8 Å². The third-order valence-electron chi connectivity index (χ3n) is 1.71. The van der Waals surface area contributed by atoms with Gasteiger partial charge in [-0.05, 0) is 0 Å². The summed E-state index contributed by atoms with van der Waals surface area (Å²) in [5.41, 5.74) is 0. The van der Waals surface area contributed by atoms with Gasteiger partial charge in [-0.1, -0.05) is 0 Å². The molecule has 17 heavy (non-hydrogen) atoms. The van der Waals surface area contributed by atoms with Crippen molar-refractivity contribution < 1.29 is 75.9 Å².